The molecule has 15 heavy (non-hydrogen) atoms. The van der Waals surface area contributed by atoms with Gasteiger partial charge in [0.05, 0.1) is 0 Å². The van der Waals surface area contributed by atoms with Crippen LogP contribution in [0.4, 0.5) is 0 Å². The van der Waals surface area contributed by atoms with Gasteiger partial charge in [0, 0.05) is 19.5 Å². The van der Waals surface area contributed by atoms with Gasteiger partial charge in [-0.3, -0.25) is 4.79 Å². The van der Waals surface area contributed by atoms with E-state index in [1.165, 1.54) is 6.42 Å². The Balaban J connectivity index is 2.22. The second kappa shape index (κ2) is 6.11. The largest absolute Gasteiger partial charge is 0.343 e. The first kappa shape index (κ1) is 12.5. The van der Waals surface area contributed by atoms with Crippen molar-refractivity contribution in [3.8, 4) is 0 Å². The highest BCUT2D eigenvalue weighted by Crippen LogP contribution is 2.15. The number of nitrogens with zero attached hydrogens (tertiary/aromatic N) is 1. The summed E-state index contributed by atoms with van der Waals surface area (Å²) in [6.07, 6.45) is 4.04. The summed E-state index contributed by atoms with van der Waals surface area (Å²) in [4.78, 5) is 13.7. The average Bonchev–Trinajstić information content (AvgIpc) is 2.76. The predicted molar refractivity (Wildman–Crippen MR) is 62.7 cm³/mol. The highest BCUT2D eigenvalue weighted by atomic mass is 16.2. The molecular formula is C12H24N2O. The number of carbonyl (C=O) groups excluding carboxylic acids is 1. The highest BCUT2D eigenvalue weighted by Gasteiger charge is 2.18. The van der Waals surface area contributed by atoms with Crippen LogP contribution in [0.15, 0.2) is 0 Å². The molecule has 3 heteroatoms. The molecule has 1 aliphatic heterocycles. The molecule has 0 saturated carbocycles. The van der Waals surface area contributed by atoms with Crippen LogP contribution in [0.2, 0.25) is 0 Å². The van der Waals surface area contributed by atoms with Gasteiger partial charge in [-0.05, 0) is 45.2 Å². The number of hydrogen-bond acceptors (Lipinski definition) is 2. The second-order valence-corrected chi connectivity index (χ2v) is 4.66. The first-order chi connectivity index (χ1) is 7.15. The van der Waals surface area contributed by atoms with E-state index < -0.39 is 0 Å². The van der Waals surface area contributed by atoms with Crippen LogP contribution < -0.4 is 5.32 Å². The lowest BCUT2D eigenvalue weighted by Gasteiger charge is -2.24. The zero-order valence-corrected chi connectivity index (χ0v) is 10.3. The summed E-state index contributed by atoms with van der Waals surface area (Å²) in [7, 11) is 1.92. The summed E-state index contributed by atoms with van der Waals surface area (Å²) in [5, 5.41) is 3.33. The van der Waals surface area contributed by atoms with Gasteiger partial charge in [-0.25, -0.2) is 0 Å². The molecule has 0 aromatic heterocycles. The third-order valence-corrected chi connectivity index (χ3v) is 3.57. The maximum Gasteiger partial charge on any atom is 0.222 e. The molecule has 0 aliphatic carbocycles. The Morgan fingerprint density at radius 2 is 2.33 bits per heavy atom. The summed E-state index contributed by atoms with van der Waals surface area (Å²) in [5.41, 5.74) is 0. The lowest BCUT2D eigenvalue weighted by molar-refractivity contribution is -0.132. The zero-order chi connectivity index (χ0) is 11.3. The van der Waals surface area contributed by atoms with Crippen LogP contribution in [0, 0.1) is 5.92 Å². The third kappa shape index (κ3) is 3.82. The van der Waals surface area contributed by atoms with Crippen molar-refractivity contribution >= 4 is 5.91 Å². The smallest absolute Gasteiger partial charge is 0.222 e. The molecule has 3 nitrogen and oxygen atoms in total. The van der Waals surface area contributed by atoms with Crippen LogP contribution >= 0.6 is 0 Å². The monoisotopic (exact) mass is 212 g/mol. The fraction of sp³-hybridized carbons (Fsp3) is 0.917. The van der Waals surface area contributed by atoms with E-state index in [0.717, 1.165) is 31.8 Å². The summed E-state index contributed by atoms with van der Waals surface area (Å²) in [6, 6.07) is 0.374. The first-order valence-corrected chi connectivity index (χ1v) is 6.11. The van der Waals surface area contributed by atoms with Crippen molar-refractivity contribution in [3.63, 3.8) is 0 Å². The fourth-order valence-corrected chi connectivity index (χ4v) is 1.98. The predicted octanol–water partition coefficient (Wildman–Crippen LogP) is 1.63. The molecule has 88 valence electrons. The maximum absolute atomic E-state index is 11.8. The van der Waals surface area contributed by atoms with E-state index in [2.05, 4.69) is 19.2 Å². The lowest BCUT2D eigenvalue weighted by Crippen LogP contribution is -2.34. The van der Waals surface area contributed by atoms with Crippen LogP contribution in [0.3, 0.4) is 0 Å². The molecule has 2 atom stereocenters. The van der Waals surface area contributed by atoms with Crippen LogP contribution in [0.5, 0.6) is 0 Å². The third-order valence-electron chi connectivity index (χ3n) is 3.57. The molecule has 1 saturated heterocycles. The van der Waals surface area contributed by atoms with Gasteiger partial charge < -0.3 is 10.2 Å². The first-order valence-electron chi connectivity index (χ1n) is 6.11. The summed E-state index contributed by atoms with van der Waals surface area (Å²) < 4.78 is 0. The van der Waals surface area contributed by atoms with E-state index in [0.29, 0.717) is 18.4 Å². The van der Waals surface area contributed by atoms with E-state index in [-0.39, 0.29) is 0 Å². The minimum absolute atomic E-state index is 0.302. The van der Waals surface area contributed by atoms with E-state index in [1.54, 1.807) is 0 Å². The van der Waals surface area contributed by atoms with Gasteiger partial charge in [0.2, 0.25) is 5.91 Å². The zero-order valence-electron chi connectivity index (χ0n) is 10.3. The molecule has 1 aliphatic rings. The Morgan fingerprint density at radius 3 is 2.87 bits per heavy atom. The molecule has 1 N–H and O–H groups in total. The van der Waals surface area contributed by atoms with Gasteiger partial charge in [-0.1, -0.05) is 6.92 Å². The summed E-state index contributed by atoms with van der Waals surface area (Å²) in [6.45, 7) is 6.45. The quantitative estimate of drug-likeness (QED) is 0.751. The standard InChI is InChI=1S/C12H24N2O/c1-4-10(2)14(3)12(15)6-5-11-7-8-13-9-11/h10-11,13H,4-9H2,1-3H3. The molecule has 1 fully saturated rings. The summed E-state index contributed by atoms with van der Waals surface area (Å²) >= 11 is 0. The lowest BCUT2D eigenvalue weighted by atomic mass is 10.0. The molecule has 0 aromatic carbocycles. The minimum Gasteiger partial charge on any atom is -0.343 e. The van der Waals surface area contributed by atoms with Crippen molar-refractivity contribution in [3.05, 3.63) is 0 Å². The Bertz CT molecular complexity index is 200. The average molecular weight is 212 g/mol. The number of rotatable bonds is 5. The Morgan fingerprint density at radius 1 is 1.60 bits per heavy atom. The van der Waals surface area contributed by atoms with Gasteiger partial charge in [0.15, 0.2) is 0 Å². The van der Waals surface area contributed by atoms with Gasteiger partial charge >= 0.3 is 0 Å². The van der Waals surface area contributed by atoms with Gasteiger partial charge in [-0.2, -0.15) is 0 Å². The summed E-state index contributed by atoms with van der Waals surface area (Å²) in [5.74, 6) is 1.02. The molecule has 0 bridgehead atoms. The van der Waals surface area contributed by atoms with Crippen molar-refractivity contribution in [2.45, 2.75) is 45.6 Å². The van der Waals surface area contributed by atoms with Crippen LogP contribution in [-0.2, 0) is 4.79 Å². The second-order valence-electron chi connectivity index (χ2n) is 4.66. The Labute approximate surface area is 93.2 Å². The van der Waals surface area contributed by atoms with Crippen molar-refractivity contribution in [1.82, 2.24) is 10.2 Å². The van der Waals surface area contributed by atoms with Gasteiger partial charge in [-0.15, -0.1) is 0 Å². The molecule has 1 amide bonds. The van der Waals surface area contributed by atoms with Crippen molar-refractivity contribution in [2.75, 3.05) is 20.1 Å². The molecule has 1 heterocycles. The molecule has 1 rings (SSSR count). The number of hydrogen-bond donors (Lipinski definition) is 1. The molecule has 0 aromatic rings. The number of carbonyl (C=O) groups is 1. The van der Waals surface area contributed by atoms with Crippen molar-refractivity contribution in [2.24, 2.45) is 5.92 Å². The molecule has 0 radical (unpaired) electrons. The van der Waals surface area contributed by atoms with Crippen molar-refractivity contribution in [1.29, 1.82) is 0 Å². The highest BCUT2D eigenvalue weighted by molar-refractivity contribution is 5.76. The van der Waals surface area contributed by atoms with Crippen molar-refractivity contribution < 1.29 is 4.79 Å². The Hall–Kier alpha value is -0.570. The number of nitrogens with one attached hydrogen (secondary N) is 1. The van der Waals surface area contributed by atoms with E-state index in [4.69, 9.17) is 0 Å². The molecule has 0 spiro atoms. The van der Waals surface area contributed by atoms with E-state index >= 15 is 0 Å². The number of amides is 1. The van der Waals surface area contributed by atoms with Crippen LogP contribution in [-0.4, -0.2) is 37.0 Å². The van der Waals surface area contributed by atoms with Gasteiger partial charge in [0.25, 0.3) is 0 Å². The molecular weight excluding hydrogens is 188 g/mol. The van der Waals surface area contributed by atoms with Crippen LogP contribution in [0.25, 0.3) is 0 Å². The topological polar surface area (TPSA) is 32.3 Å². The normalized spacial score (nSPS) is 22.7. The van der Waals surface area contributed by atoms with E-state index in [9.17, 15) is 4.79 Å². The van der Waals surface area contributed by atoms with Crippen LogP contribution in [0.1, 0.15) is 39.5 Å². The maximum atomic E-state index is 11.8. The van der Waals surface area contributed by atoms with Gasteiger partial charge in [0.1, 0.15) is 0 Å². The molecule has 2 unspecified atom stereocenters. The fourth-order valence-electron chi connectivity index (χ4n) is 1.98. The van der Waals surface area contributed by atoms with E-state index in [1.807, 2.05) is 11.9 Å². The SMILES string of the molecule is CCC(C)N(C)C(=O)CCC1CCNC1. The minimum atomic E-state index is 0.302. The Kier molecular flexibility index (Phi) is 5.09.